The summed E-state index contributed by atoms with van der Waals surface area (Å²) in [5.74, 6) is -0.231. The first-order chi connectivity index (χ1) is 12.7. The Morgan fingerprint density at radius 1 is 1.00 bits per heavy atom. The standard InChI is InChI=1S/C21H20FN3O/c22-18-6-3-4-16(14-18)15-24-10-12-25(13-11-24)21(26)20-19-7-2-1-5-17(19)8-9-23-20/h1-9,14H,10-13,15H2. The number of carbonyl (C=O) groups excluding carboxylic acids is 1. The van der Waals surface area contributed by atoms with Gasteiger partial charge in [0.25, 0.3) is 5.91 Å². The van der Waals surface area contributed by atoms with Crippen LogP contribution in [-0.4, -0.2) is 46.9 Å². The molecule has 0 unspecified atom stereocenters. The van der Waals surface area contributed by atoms with E-state index < -0.39 is 0 Å². The average molecular weight is 349 g/mol. The number of aromatic nitrogens is 1. The minimum absolute atomic E-state index is 0.0211. The third-order valence-electron chi connectivity index (χ3n) is 4.83. The third kappa shape index (κ3) is 3.44. The number of amides is 1. The van der Waals surface area contributed by atoms with E-state index in [9.17, 15) is 9.18 Å². The molecule has 1 amide bonds. The van der Waals surface area contributed by atoms with Gasteiger partial charge in [-0.1, -0.05) is 36.4 Å². The molecule has 1 aliphatic heterocycles. The summed E-state index contributed by atoms with van der Waals surface area (Å²) in [6, 6.07) is 16.4. The molecule has 0 aliphatic carbocycles. The molecule has 0 radical (unpaired) electrons. The number of benzene rings is 2. The second-order valence-corrected chi connectivity index (χ2v) is 6.58. The van der Waals surface area contributed by atoms with E-state index in [1.54, 1.807) is 18.3 Å². The highest BCUT2D eigenvalue weighted by Crippen LogP contribution is 2.19. The minimum Gasteiger partial charge on any atom is -0.335 e. The van der Waals surface area contributed by atoms with Crippen molar-refractivity contribution in [3.63, 3.8) is 0 Å². The molecule has 132 valence electrons. The van der Waals surface area contributed by atoms with Gasteiger partial charge in [-0.15, -0.1) is 0 Å². The van der Waals surface area contributed by atoms with Gasteiger partial charge < -0.3 is 4.90 Å². The number of rotatable bonds is 3. The number of fused-ring (bicyclic) bond motifs is 1. The number of nitrogens with zero attached hydrogens (tertiary/aromatic N) is 3. The van der Waals surface area contributed by atoms with Crippen LogP contribution in [0.25, 0.3) is 10.8 Å². The number of hydrogen-bond donors (Lipinski definition) is 0. The third-order valence-corrected chi connectivity index (χ3v) is 4.83. The molecule has 0 atom stereocenters. The Morgan fingerprint density at radius 2 is 1.81 bits per heavy atom. The maximum Gasteiger partial charge on any atom is 0.273 e. The number of hydrogen-bond acceptors (Lipinski definition) is 3. The number of piperazine rings is 1. The summed E-state index contributed by atoms with van der Waals surface area (Å²) in [5.41, 5.74) is 1.47. The van der Waals surface area contributed by atoms with Gasteiger partial charge in [0.15, 0.2) is 0 Å². The first kappa shape index (κ1) is 16.7. The highest BCUT2D eigenvalue weighted by molar-refractivity contribution is 6.05. The van der Waals surface area contributed by atoms with Crippen molar-refractivity contribution >= 4 is 16.7 Å². The molecule has 1 aromatic heterocycles. The zero-order valence-electron chi connectivity index (χ0n) is 14.4. The first-order valence-electron chi connectivity index (χ1n) is 8.80. The lowest BCUT2D eigenvalue weighted by Gasteiger charge is -2.34. The van der Waals surface area contributed by atoms with Gasteiger partial charge in [-0.2, -0.15) is 0 Å². The molecule has 3 aromatic rings. The van der Waals surface area contributed by atoms with E-state index in [-0.39, 0.29) is 11.7 Å². The van der Waals surface area contributed by atoms with Crippen molar-refractivity contribution in [2.24, 2.45) is 0 Å². The monoisotopic (exact) mass is 349 g/mol. The molecule has 5 heteroatoms. The summed E-state index contributed by atoms with van der Waals surface area (Å²) in [7, 11) is 0. The van der Waals surface area contributed by atoms with Crippen LogP contribution in [0, 0.1) is 5.82 Å². The lowest BCUT2D eigenvalue weighted by Crippen LogP contribution is -2.48. The molecule has 26 heavy (non-hydrogen) atoms. The van der Waals surface area contributed by atoms with Gasteiger partial charge in [-0.05, 0) is 29.1 Å². The zero-order chi connectivity index (χ0) is 17.9. The van der Waals surface area contributed by atoms with Crippen LogP contribution in [0.4, 0.5) is 4.39 Å². The van der Waals surface area contributed by atoms with Gasteiger partial charge in [-0.3, -0.25) is 14.7 Å². The van der Waals surface area contributed by atoms with E-state index in [1.807, 2.05) is 41.3 Å². The Hall–Kier alpha value is -2.79. The molecule has 1 fully saturated rings. The van der Waals surface area contributed by atoms with Gasteiger partial charge in [0.1, 0.15) is 11.5 Å². The largest absolute Gasteiger partial charge is 0.335 e. The lowest BCUT2D eigenvalue weighted by molar-refractivity contribution is 0.0625. The Labute approximate surface area is 151 Å². The SMILES string of the molecule is O=C(c1nccc2ccccc12)N1CCN(Cc2cccc(F)c2)CC1. The van der Waals surface area contributed by atoms with E-state index in [0.717, 1.165) is 29.4 Å². The van der Waals surface area contributed by atoms with Crippen LogP contribution in [-0.2, 0) is 6.54 Å². The predicted molar refractivity (Wildman–Crippen MR) is 99.3 cm³/mol. The van der Waals surface area contributed by atoms with Crippen molar-refractivity contribution in [1.82, 2.24) is 14.8 Å². The number of carbonyl (C=O) groups is 1. The molecule has 4 nitrogen and oxygen atoms in total. The van der Waals surface area contributed by atoms with Crippen molar-refractivity contribution in [3.05, 3.63) is 77.9 Å². The van der Waals surface area contributed by atoms with E-state index in [0.29, 0.717) is 25.3 Å². The van der Waals surface area contributed by atoms with Gasteiger partial charge in [0, 0.05) is 44.3 Å². The fraction of sp³-hybridized carbons (Fsp3) is 0.238. The van der Waals surface area contributed by atoms with E-state index in [4.69, 9.17) is 0 Å². The van der Waals surface area contributed by atoms with Crippen molar-refractivity contribution in [2.75, 3.05) is 26.2 Å². The molecule has 2 heterocycles. The van der Waals surface area contributed by atoms with Crippen molar-refractivity contribution in [2.45, 2.75) is 6.54 Å². The molecule has 1 aliphatic rings. The van der Waals surface area contributed by atoms with Gasteiger partial charge in [0.05, 0.1) is 0 Å². The highest BCUT2D eigenvalue weighted by atomic mass is 19.1. The second kappa shape index (κ2) is 7.22. The summed E-state index contributed by atoms with van der Waals surface area (Å²) < 4.78 is 13.3. The van der Waals surface area contributed by atoms with Gasteiger partial charge in [-0.25, -0.2) is 4.39 Å². The lowest BCUT2D eigenvalue weighted by atomic mass is 10.1. The quantitative estimate of drug-likeness (QED) is 0.728. The molecule has 0 saturated carbocycles. The summed E-state index contributed by atoms with van der Waals surface area (Å²) in [5, 5.41) is 1.91. The van der Waals surface area contributed by atoms with Crippen molar-refractivity contribution in [1.29, 1.82) is 0 Å². The Kier molecular flexibility index (Phi) is 4.63. The van der Waals surface area contributed by atoms with E-state index in [1.165, 1.54) is 6.07 Å². The van der Waals surface area contributed by atoms with Crippen molar-refractivity contribution < 1.29 is 9.18 Å². The minimum atomic E-state index is -0.210. The fourth-order valence-corrected chi connectivity index (χ4v) is 3.44. The molecular weight excluding hydrogens is 329 g/mol. The maximum atomic E-state index is 13.3. The number of pyridine rings is 1. The van der Waals surface area contributed by atoms with Crippen LogP contribution in [0.2, 0.25) is 0 Å². The molecule has 4 rings (SSSR count). The topological polar surface area (TPSA) is 36.4 Å². The zero-order valence-corrected chi connectivity index (χ0v) is 14.4. The van der Waals surface area contributed by atoms with Crippen LogP contribution < -0.4 is 0 Å². The van der Waals surface area contributed by atoms with Crippen molar-refractivity contribution in [3.8, 4) is 0 Å². The summed E-state index contributed by atoms with van der Waals surface area (Å²) in [6.07, 6.45) is 1.69. The summed E-state index contributed by atoms with van der Waals surface area (Å²) in [6.45, 7) is 3.55. The Morgan fingerprint density at radius 3 is 2.62 bits per heavy atom. The van der Waals surface area contributed by atoms with Gasteiger partial charge >= 0.3 is 0 Å². The molecule has 0 N–H and O–H groups in total. The second-order valence-electron chi connectivity index (χ2n) is 6.58. The summed E-state index contributed by atoms with van der Waals surface area (Å²) >= 11 is 0. The van der Waals surface area contributed by atoms with Crippen LogP contribution >= 0.6 is 0 Å². The molecule has 1 saturated heterocycles. The van der Waals surface area contributed by atoms with Crippen LogP contribution in [0.5, 0.6) is 0 Å². The molecular formula is C21H20FN3O. The number of halogens is 1. The molecule has 0 bridgehead atoms. The van der Waals surface area contributed by atoms with Crippen LogP contribution in [0.3, 0.4) is 0 Å². The molecule has 0 spiro atoms. The van der Waals surface area contributed by atoms with E-state index in [2.05, 4.69) is 9.88 Å². The van der Waals surface area contributed by atoms with Gasteiger partial charge in [0.2, 0.25) is 0 Å². The first-order valence-corrected chi connectivity index (χ1v) is 8.80. The Balaban J connectivity index is 1.43. The summed E-state index contributed by atoms with van der Waals surface area (Å²) in [4.78, 5) is 21.4. The average Bonchev–Trinajstić information content (AvgIpc) is 2.68. The maximum absolute atomic E-state index is 13.3. The Bertz CT molecular complexity index is 930. The van der Waals surface area contributed by atoms with Crippen LogP contribution in [0.15, 0.2) is 60.8 Å². The van der Waals surface area contributed by atoms with Crippen LogP contribution in [0.1, 0.15) is 16.1 Å². The van der Waals surface area contributed by atoms with E-state index >= 15 is 0 Å². The smallest absolute Gasteiger partial charge is 0.273 e. The normalized spacial score (nSPS) is 15.3. The predicted octanol–water partition coefficient (Wildman–Crippen LogP) is 3.33. The highest BCUT2D eigenvalue weighted by Gasteiger charge is 2.24. The molecule has 2 aromatic carbocycles. The fourth-order valence-electron chi connectivity index (χ4n) is 3.44.